The van der Waals surface area contributed by atoms with Gasteiger partial charge in [0.05, 0.1) is 16.6 Å². The van der Waals surface area contributed by atoms with Crippen molar-refractivity contribution in [3.05, 3.63) is 128 Å². The van der Waals surface area contributed by atoms with Crippen molar-refractivity contribution in [2.24, 2.45) is 0 Å². The Balaban J connectivity index is 1.40. The highest BCUT2D eigenvalue weighted by molar-refractivity contribution is 7.92. The summed E-state index contributed by atoms with van der Waals surface area (Å²) in [6, 6.07) is 27.0. The number of rotatable bonds is 6. The molecule has 2 aromatic heterocycles. The number of hydrogen-bond acceptors (Lipinski definition) is 6. The Kier molecular flexibility index (Phi) is 6.52. The third-order valence-electron chi connectivity index (χ3n) is 6.39. The minimum Gasteiger partial charge on any atom is -0.281 e. The molecule has 0 aliphatic carbocycles. The van der Waals surface area contributed by atoms with E-state index in [0.29, 0.717) is 38.7 Å². The average Bonchev–Trinajstić information content (AvgIpc) is 3.36. The number of H-pyrrole nitrogens is 1. The summed E-state index contributed by atoms with van der Waals surface area (Å²) in [5, 5.41) is 2.62. The lowest BCUT2D eigenvalue weighted by Gasteiger charge is -2.15. The van der Waals surface area contributed by atoms with Gasteiger partial charge in [0.1, 0.15) is 5.82 Å². The molecule has 0 saturated heterocycles. The van der Waals surface area contributed by atoms with Crippen LogP contribution in [0.4, 0.5) is 5.69 Å². The number of nitrogens with zero attached hydrogens (tertiary/aromatic N) is 3. The lowest BCUT2D eigenvalue weighted by atomic mass is 10.1. The van der Waals surface area contributed by atoms with Crippen LogP contribution < -0.4 is 20.6 Å². The molecule has 4 aromatic carbocycles. The maximum absolute atomic E-state index is 13.6. The van der Waals surface area contributed by atoms with Gasteiger partial charge >= 0.3 is 20.7 Å². The number of fused-ring (bicyclic) bond motifs is 1. The van der Waals surface area contributed by atoms with E-state index in [2.05, 4.69) is 9.99 Å². The quantitative estimate of drug-likeness (QED) is 0.279. The number of sulfonamides is 1. The van der Waals surface area contributed by atoms with Gasteiger partial charge in [-0.25, -0.2) is 9.78 Å². The van der Waals surface area contributed by atoms with E-state index in [1.54, 1.807) is 84.9 Å². The van der Waals surface area contributed by atoms with E-state index < -0.39 is 20.7 Å². The van der Waals surface area contributed by atoms with Crippen molar-refractivity contribution < 1.29 is 17.6 Å². The molecular weight excluding hydrogens is 566 g/mol. The second-order valence-electron chi connectivity index (χ2n) is 9.21. The van der Waals surface area contributed by atoms with E-state index in [4.69, 9.17) is 21.1 Å². The molecular formula is C29H21ClN5O5S+. The predicted molar refractivity (Wildman–Crippen MR) is 154 cm³/mol. The molecule has 6 rings (SSSR count). The predicted octanol–water partition coefficient (Wildman–Crippen LogP) is 4.37. The van der Waals surface area contributed by atoms with Crippen molar-refractivity contribution in [2.45, 2.75) is 11.9 Å². The van der Waals surface area contributed by atoms with E-state index in [0.717, 1.165) is 10.2 Å². The number of anilines is 1. The second-order valence-corrected chi connectivity index (χ2v) is 11.2. The van der Waals surface area contributed by atoms with Crippen LogP contribution in [0.15, 0.2) is 116 Å². The first-order chi connectivity index (χ1) is 19.7. The van der Waals surface area contributed by atoms with E-state index in [-0.39, 0.29) is 11.2 Å². The first-order valence-electron chi connectivity index (χ1n) is 12.3. The SMILES string of the molecule is Cc1ccc(-[n+]2[nH]oc(=O)c2S(=O)(=O)Nc2ccc(-n3c(-c4cccc(Cl)c4)nc4ccccc4c3=O)cc2)cc1. The van der Waals surface area contributed by atoms with Gasteiger partial charge in [0.25, 0.3) is 5.56 Å². The minimum atomic E-state index is -4.38. The molecule has 0 spiro atoms. The van der Waals surface area contributed by atoms with E-state index >= 15 is 0 Å². The molecule has 0 aliphatic heterocycles. The van der Waals surface area contributed by atoms with Crippen molar-refractivity contribution in [3.8, 4) is 22.8 Å². The van der Waals surface area contributed by atoms with Crippen molar-refractivity contribution in [1.29, 1.82) is 0 Å². The van der Waals surface area contributed by atoms with Gasteiger partial charge in [-0.05, 0) is 65.4 Å². The molecule has 41 heavy (non-hydrogen) atoms. The molecule has 204 valence electrons. The lowest BCUT2D eigenvalue weighted by molar-refractivity contribution is -0.705. The highest BCUT2D eigenvalue weighted by Gasteiger charge is 2.36. The largest absolute Gasteiger partial charge is 0.449 e. The Morgan fingerprint density at radius 2 is 1.66 bits per heavy atom. The number of benzene rings is 4. The van der Waals surface area contributed by atoms with Gasteiger partial charge in [0, 0.05) is 28.4 Å². The third kappa shape index (κ3) is 4.92. The zero-order valence-corrected chi connectivity index (χ0v) is 23.0. The monoisotopic (exact) mass is 586 g/mol. The normalized spacial score (nSPS) is 11.6. The van der Waals surface area contributed by atoms with Crippen molar-refractivity contribution in [3.63, 3.8) is 0 Å². The zero-order chi connectivity index (χ0) is 28.7. The summed E-state index contributed by atoms with van der Waals surface area (Å²) in [4.78, 5) is 30.8. The van der Waals surface area contributed by atoms with Crippen molar-refractivity contribution in [1.82, 2.24) is 14.8 Å². The smallest absolute Gasteiger partial charge is 0.281 e. The van der Waals surface area contributed by atoms with Crippen LogP contribution in [0.2, 0.25) is 5.02 Å². The van der Waals surface area contributed by atoms with Gasteiger partial charge in [-0.2, -0.15) is 8.42 Å². The Bertz CT molecular complexity index is 2150. The summed E-state index contributed by atoms with van der Waals surface area (Å²) >= 11 is 6.23. The maximum Gasteiger partial charge on any atom is 0.449 e. The van der Waals surface area contributed by atoms with Crippen molar-refractivity contribution in [2.75, 3.05) is 4.72 Å². The minimum absolute atomic E-state index is 0.163. The van der Waals surface area contributed by atoms with Crippen LogP contribution in [-0.2, 0) is 10.0 Å². The highest BCUT2D eigenvalue weighted by atomic mass is 35.5. The van der Waals surface area contributed by atoms with Crippen LogP contribution in [0.5, 0.6) is 0 Å². The van der Waals surface area contributed by atoms with Gasteiger partial charge < -0.3 is 0 Å². The van der Waals surface area contributed by atoms with Gasteiger partial charge in [-0.3, -0.25) is 18.6 Å². The number of nitrogens with one attached hydrogen (secondary N) is 2. The summed E-state index contributed by atoms with van der Waals surface area (Å²) in [6.07, 6.45) is 0. The number of aromatic amines is 1. The van der Waals surface area contributed by atoms with E-state index in [1.165, 1.54) is 16.7 Å². The lowest BCUT2D eigenvalue weighted by Crippen LogP contribution is -2.42. The molecule has 0 fully saturated rings. The first kappa shape index (κ1) is 26.2. The molecule has 0 unspecified atom stereocenters. The van der Waals surface area contributed by atoms with Crippen LogP contribution in [0, 0.1) is 6.92 Å². The molecule has 6 aromatic rings. The number of hydrogen-bond donors (Lipinski definition) is 2. The van der Waals surface area contributed by atoms with Crippen LogP contribution in [0.1, 0.15) is 5.56 Å². The molecule has 0 radical (unpaired) electrons. The van der Waals surface area contributed by atoms with E-state index in [9.17, 15) is 18.0 Å². The van der Waals surface area contributed by atoms with Gasteiger partial charge in [-0.1, -0.05) is 53.6 Å². The van der Waals surface area contributed by atoms with Crippen LogP contribution in [-0.4, -0.2) is 23.2 Å². The second kappa shape index (κ2) is 10.2. The highest BCUT2D eigenvalue weighted by Crippen LogP contribution is 2.25. The summed E-state index contributed by atoms with van der Waals surface area (Å²) in [6.45, 7) is 1.88. The molecule has 2 N–H and O–H groups in total. The Hall–Kier alpha value is -5.00. The summed E-state index contributed by atoms with van der Waals surface area (Å²) in [5.74, 6) is 0.369. The van der Waals surface area contributed by atoms with Crippen LogP contribution in [0.3, 0.4) is 0 Å². The van der Waals surface area contributed by atoms with Crippen LogP contribution >= 0.6 is 11.6 Å². The topological polar surface area (TPSA) is 131 Å². The summed E-state index contributed by atoms with van der Waals surface area (Å²) < 4.78 is 36.3. The fraction of sp³-hybridized carbons (Fsp3) is 0.0345. The van der Waals surface area contributed by atoms with Gasteiger partial charge in [-0.15, -0.1) is 0 Å². The molecule has 12 heteroatoms. The van der Waals surface area contributed by atoms with Gasteiger partial charge in [0.2, 0.25) is 5.69 Å². The Labute approximate surface area is 238 Å². The number of aryl methyl sites for hydroxylation is 1. The van der Waals surface area contributed by atoms with Gasteiger partial charge in [0.15, 0.2) is 0 Å². The standard InChI is InChI=1S/C29H20ClN5O5S/c1-18-9-13-23(14-10-18)35-28(29(37)40-33-35)41(38,39)32-21-11-15-22(16-12-21)34-26(19-5-4-6-20(30)17-19)31-25-8-3-2-7-24(25)27(34)36/h2-17,32H,1H3/p+1. The maximum atomic E-state index is 13.6. The Morgan fingerprint density at radius 1 is 0.927 bits per heavy atom. The number of halogens is 1. The summed E-state index contributed by atoms with van der Waals surface area (Å²) in [5.41, 5.74) is 1.76. The van der Waals surface area contributed by atoms with E-state index in [1.807, 2.05) is 6.92 Å². The fourth-order valence-electron chi connectivity index (χ4n) is 4.43. The zero-order valence-electron chi connectivity index (χ0n) is 21.4. The van der Waals surface area contributed by atoms with Crippen molar-refractivity contribution >= 4 is 38.2 Å². The fourth-order valence-corrected chi connectivity index (χ4v) is 5.81. The molecule has 0 saturated carbocycles. The molecule has 0 aliphatic rings. The molecule has 2 heterocycles. The Morgan fingerprint density at radius 3 is 2.39 bits per heavy atom. The molecule has 0 amide bonds. The number of para-hydroxylation sites is 1. The van der Waals surface area contributed by atoms with Crippen LogP contribution in [0.25, 0.3) is 33.7 Å². The summed E-state index contributed by atoms with van der Waals surface area (Å²) in [7, 11) is -4.38. The molecule has 10 nitrogen and oxygen atoms in total. The average molecular weight is 587 g/mol. The first-order valence-corrected chi connectivity index (χ1v) is 14.2. The molecule has 0 atom stereocenters. The number of aromatic nitrogens is 4. The third-order valence-corrected chi connectivity index (χ3v) is 7.99. The molecule has 0 bridgehead atoms.